The van der Waals surface area contributed by atoms with Crippen LogP contribution in [0.2, 0.25) is 0 Å². The Kier molecular flexibility index (Phi) is 5.78. The Balaban J connectivity index is 1.58. The molecule has 1 aliphatic heterocycles. The lowest BCUT2D eigenvalue weighted by Crippen LogP contribution is -2.66. The zero-order valence-corrected chi connectivity index (χ0v) is 21.7. The van der Waals surface area contributed by atoms with E-state index in [1.54, 1.807) is 24.0 Å². The molecule has 4 aliphatic rings. The smallest absolute Gasteiger partial charge is 0.411 e. The van der Waals surface area contributed by atoms with Crippen LogP contribution in [-0.4, -0.2) is 56.5 Å². The van der Waals surface area contributed by atoms with Gasteiger partial charge in [-0.3, -0.25) is 9.69 Å². The number of fused-ring (bicyclic) bond motifs is 2. The molecule has 1 fully saturated rings. The molecule has 194 valence electrons. The lowest BCUT2D eigenvalue weighted by molar-refractivity contribution is -0.190. The monoisotopic (exact) mass is 495 g/mol. The minimum atomic E-state index is -2.14. The molecule has 3 aliphatic carbocycles. The molecule has 36 heavy (non-hydrogen) atoms. The second-order valence-electron chi connectivity index (χ2n) is 12.0. The van der Waals surface area contributed by atoms with Gasteiger partial charge in [-0.05, 0) is 52.9 Å². The molecule has 7 atom stereocenters. The van der Waals surface area contributed by atoms with E-state index in [1.807, 2.05) is 45.0 Å². The van der Waals surface area contributed by atoms with Gasteiger partial charge in [0.2, 0.25) is 0 Å². The summed E-state index contributed by atoms with van der Waals surface area (Å²) in [5.74, 6) is -1.00. The zero-order chi connectivity index (χ0) is 26.2. The van der Waals surface area contributed by atoms with Crippen LogP contribution < -0.4 is 0 Å². The third kappa shape index (κ3) is 3.15. The fourth-order valence-electron chi connectivity index (χ4n) is 7.29. The number of rotatable bonds is 2. The van der Waals surface area contributed by atoms with Gasteiger partial charge in [-0.25, -0.2) is 4.79 Å². The van der Waals surface area contributed by atoms with Crippen molar-refractivity contribution in [2.45, 2.75) is 71.9 Å². The molecule has 0 radical (unpaired) electrons. The number of carbonyl (C=O) groups is 2. The summed E-state index contributed by atoms with van der Waals surface area (Å²) in [6, 6.07) is 7.78. The summed E-state index contributed by atoms with van der Waals surface area (Å²) in [5, 5.41) is 34.4. The van der Waals surface area contributed by atoms with E-state index in [4.69, 9.17) is 4.74 Å². The first-order chi connectivity index (χ1) is 16.9. The molecule has 3 N–H and O–H groups in total. The predicted molar refractivity (Wildman–Crippen MR) is 133 cm³/mol. The van der Waals surface area contributed by atoms with E-state index in [0.717, 1.165) is 11.1 Å². The standard InChI is InChI=1S/C29H37NO6/c1-16-12-28-18(3)10-17(2)27(4,5)22(24(28)33)11-21(15-31)23(32)29(28,35)25(16)36-26(34)30-13-19-8-6-7-9-20(19)14-30/h6-9,11-12,17-18,22-23,25,31-32,35H,10,13-15H2,1-5H3/t17-,18+,22+,23+,25-,28-,29-/m0/s1. The SMILES string of the molecule is CC1=C[C@]23C(=O)[C@@H](C=C(CO)[C@@H](O)[C@]2(O)[C@H]1OC(=O)N1Cc2ccccc2C1)C(C)(C)[C@@H](C)C[C@H]3C. The number of carbonyl (C=O) groups excluding carboxylic acids is 2. The van der Waals surface area contributed by atoms with Crippen LogP contribution in [-0.2, 0) is 22.6 Å². The van der Waals surface area contributed by atoms with Crippen LogP contribution in [0, 0.1) is 28.6 Å². The van der Waals surface area contributed by atoms with Crippen molar-refractivity contribution < 1.29 is 29.6 Å². The Hall–Kier alpha value is -2.48. The Morgan fingerprint density at radius 3 is 2.33 bits per heavy atom. The highest BCUT2D eigenvalue weighted by Gasteiger charge is 2.73. The molecule has 0 unspecified atom stereocenters. The molecule has 7 nitrogen and oxygen atoms in total. The third-order valence-corrected chi connectivity index (χ3v) is 9.83. The molecule has 1 heterocycles. The second-order valence-corrected chi connectivity index (χ2v) is 12.0. The van der Waals surface area contributed by atoms with E-state index >= 15 is 0 Å². The molecule has 1 amide bonds. The van der Waals surface area contributed by atoms with Gasteiger partial charge in [0.05, 0.1) is 12.0 Å². The van der Waals surface area contributed by atoms with E-state index in [-0.39, 0.29) is 23.2 Å². The van der Waals surface area contributed by atoms with Crippen molar-refractivity contribution in [1.82, 2.24) is 4.90 Å². The average Bonchev–Trinajstić information content (AvgIpc) is 3.34. The molecular formula is C29H37NO6. The van der Waals surface area contributed by atoms with Crippen molar-refractivity contribution in [3.63, 3.8) is 0 Å². The number of allylic oxidation sites excluding steroid dienone is 1. The normalized spacial score (nSPS) is 38.9. The van der Waals surface area contributed by atoms with Crippen LogP contribution in [0.5, 0.6) is 0 Å². The molecule has 7 heteroatoms. The number of aliphatic hydroxyl groups excluding tert-OH is 2. The highest BCUT2D eigenvalue weighted by molar-refractivity contribution is 5.95. The fourth-order valence-corrected chi connectivity index (χ4v) is 7.29. The van der Waals surface area contributed by atoms with Crippen LogP contribution in [0.15, 0.2) is 47.6 Å². The number of benzene rings is 1. The number of aliphatic hydroxyl groups is 3. The number of ketones is 1. The Morgan fingerprint density at radius 2 is 1.75 bits per heavy atom. The zero-order valence-electron chi connectivity index (χ0n) is 21.7. The molecule has 5 rings (SSSR count). The number of amides is 1. The van der Waals surface area contributed by atoms with Gasteiger partial charge >= 0.3 is 6.09 Å². The number of hydrogen-bond acceptors (Lipinski definition) is 6. The van der Waals surface area contributed by atoms with E-state index in [1.165, 1.54) is 0 Å². The van der Waals surface area contributed by atoms with Crippen molar-refractivity contribution in [1.29, 1.82) is 0 Å². The van der Waals surface area contributed by atoms with Crippen molar-refractivity contribution >= 4 is 11.9 Å². The largest absolute Gasteiger partial charge is 0.438 e. The third-order valence-electron chi connectivity index (χ3n) is 9.83. The van der Waals surface area contributed by atoms with Gasteiger partial charge in [0.25, 0.3) is 0 Å². The molecule has 1 spiro atoms. The molecule has 1 saturated carbocycles. The van der Waals surface area contributed by atoms with Crippen molar-refractivity contribution in [3.8, 4) is 0 Å². The molecule has 1 aromatic rings. The van der Waals surface area contributed by atoms with Crippen LogP contribution in [0.1, 0.15) is 52.2 Å². The predicted octanol–water partition coefficient (Wildman–Crippen LogP) is 3.37. The average molecular weight is 496 g/mol. The maximum absolute atomic E-state index is 14.4. The maximum atomic E-state index is 14.4. The van der Waals surface area contributed by atoms with Crippen molar-refractivity contribution in [3.05, 3.63) is 58.7 Å². The first-order valence-corrected chi connectivity index (χ1v) is 12.9. The minimum Gasteiger partial charge on any atom is -0.438 e. The van der Waals surface area contributed by atoms with Gasteiger partial charge in [0.1, 0.15) is 6.10 Å². The second kappa shape index (κ2) is 8.27. The molecule has 0 saturated heterocycles. The van der Waals surface area contributed by atoms with Gasteiger partial charge in [0, 0.05) is 19.0 Å². The molecule has 0 aromatic heterocycles. The van der Waals surface area contributed by atoms with Gasteiger partial charge < -0.3 is 20.1 Å². The number of Topliss-reactive ketones (excluding diaryl/α,β-unsaturated/α-hetero) is 1. The minimum absolute atomic E-state index is 0.134. The van der Waals surface area contributed by atoms with Gasteiger partial charge in [-0.15, -0.1) is 0 Å². The topological polar surface area (TPSA) is 107 Å². The van der Waals surface area contributed by atoms with Crippen LogP contribution in [0.3, 0.4) is 0 Å². The van der Waals surface area contributed by atoms with E-state index in [2.05, 4.69) is 6.92 Å². The summed E-state index contributed by atoms with van der Waals surface area (Å²) in [7, 11) is 0. The number of ether oxygens (including phenoxy) is 1. The lowest BCUT2D eigenvalue weighted by Gasteiger charge is -2.48. The summed E-state index contributed by atoms with van der Waals surface area (Å²) in [5.41, 5.74) is -1.27. The van der Waals surface area contributed by atoms with E-state index in [9.17, 15) is 24.9 Å². The van der Waals surface area contributed by atoms with Gasteiger partial charge in [-0.1, -0.05) is 64.1 Å². The Labute approximate surface area is 212 Å². The van der Waals surface area contributed by atoms with Crippen LogP contribution >= 0.6 is 0 Å². The summed E-state index contributed by atoms with van der Waals surface area (Å²) in [4.78, 5) is 29.4. The number of hydrogen-bond donors (Lipinski definition) is 3. The Bertz CT molecular complexity index is 1150. The molecule has 2 bridgehead atoms. The Morgan fingerprint density at radius 1 is 1.14 bits per heavy atom. The summed E-state index contributed by atoms with van der Waals surface area (Å²) < 4.78 is 5.98. The number of nitrogens with zero attached hydrogens (tertiary/aromatic N) is 1. The molecule has 1 aromatic carbocycles. The van der Waals surface area contributed by atoms with Crippen molar-refractivity contribution in [2.24, 2.45) is 28.6 Å². The van der Waals surface area contributed by atoms with Crippen molar-refractivity contribution in [2.75, 3.05) is 6.61 Å². The maximum Gasteiger partial charge on any atom is 0.411 e. The quantitative estimate of drug-likeness (QED) is 0.543. The first kappa shape index (κ1) is 25.2. The van der Waals surface area contributed by atoms with Crippen LogP contribution in [0.25, 0.3) is 0 Å². The first-order valence-electron chi connectivity index (χ1n) is 12.9. The summed E-state index contributed by atoms with van der Waals surface area (Å²) in [6.07, 6.45) is 0.622. The summed E-state index contributed by atoms with van der Waals surface area (Å²) >= 11 is 0. The van der Waals surface area contributed by atoms with Crippen LogP contribution in [0.4, 0.5) is 4.79 Å². The van der Waals surface area contributed by atoms with E-state index in [0.29, 0.717) is 25.1 Å². The molecular weight excluding hydrogens is 458 g/mol. The van der Waals surface area contributed by atoms with Gasteiger partial charge in [-0.2, -0.15) is 0 Å². The summed E-state index contributed by atoms with van der Waals surface area (Å²) in [6.45, 7) is 10.1. The lowest BCUT2D eigenvalue weighted by atomic mass is 9.59. The highest BCUT2D eigenvalue weighted by atomic mass is 16.6. The van der Waals surface area contributed by atoms with E-state index < -0.39 is 47.3 Å². The highest BCUT2D eigenvalue weighted by Crippen LogP contribution is 2.62. The fraction of sp³-hybridized carbons (Fsp3) is 0.586. The van der Waals surface area contributed by atoms with Gasteiger partial charge in [0.15, 0.2) is 17.5 Å².